The van der Waals surface area contributed by atoms with E-state index in [9.17, 15) is 9.59 Å². The highest BCUT2D eigenvalue weighted by atomic mass is 79.9. The van der Waals surface area contributed by atoms with Crippen molar-refractivity contribution in [2.75, 3.05) is 13.7 Å². The molecule has 0 bridgehead atoms. The van der Waals surface area contributed by atoms with Crippen molar-refractivity contribution in [3.8, 4) is 11.5 Å². The molecule has 7 nitrogen and oxygen atoms in total. The molecule has 1 unspecified atom stereocenters. The first-order chi connectivity index (χ1) is 14.8. The summed E-state index contributed by atoms with van der Waals surface area (Å²) in [6.07, 6.45) is 0. The second-order valence-electron chi connectivity index (χ2n) is 6.57. The number of allylic oxidation sites excluding steroid dienone is 1. The number of hydrogen-bond acceptors (Lipinski definition) is 6. The average Bonchev–Trinajstić information content (AvgIpc) is 2.74. The second-order valence-corrected chi connectivity index (χ2v) is 7.83. The molecule has 0 aromatic heterocycles. The fraction of sp³-hybridized carbons (Fsp3) is 0.227. The highest BCUT2D eigenvalue weighted by molar-refractivity contribution is 9.10. The minimum atomic E-state index is -0.588. The lowest BCUT2D eigenvalue weighted by Gasteiger charge is -2.30. The van der Waals surface area contributed by atoms with Gasteiger partial charge in [-0.2, -0.15) is 0 Å². The van der Waals surface area contributed by atoms with Gasteiger partial charge in [-0.25, -0.2) is 9.59 Å². The van der Waals surface area contributed by atoms with E-state index in [-0.39, 0.29) is 12.4 Å². The van der Waals surface area contributed by atoms with Crippen LogP contribution < -0.4 is 20.1 Å². The standard InChI is InChI=1S/C22H21BrN2O5S/c1-4-29-21(27)18-12(2)24-22(31)25-19(18)14-10-16(28-3)17(11-15(14)23)30-20(26)13-8-6-5-7-9-13/h5-11,19H,4H2,1-3H3,(H2,24,25,31). The van der Waals surface area contributed by atoms with Gasteiger partial charge in [-0.1, -0.05) is 34.1 Å². The second kappa shape index (κ2) is 9.93. The zero-order chi connectivity index (χ0) is 22.5. The number of benzene rings is 2. The first kappa shape index (κ1) is 22.8. The van der Waals surface area contributed by atoms with Gasteiger partial charge in [0, 0.05) is 10.2 Å². The largest absolute Gasteiger partial charge is 0.493 e. The van der Waals surface area contributed by atoms with Gasteiger partial charge in [-0.3, -0.25) is 0 Å². The summed E-state index contributed by atoms with van der Waals surface area (Å²) in [6.45, 7) is 3.74. The molecular formula is C22H21BrN2O5S. The molecule has 0 amide bonds. The minimum Gasteiger partial charge on any atom is -0.493 e. The van der Waals surface area contributed by atoms with E-state index in [4.69, 9.17) is 26.4 Å². The summed E-state index contributed by atoms with van der Waals surface area (Å²) >= 11 is 8.80. The number of esters is 2. The van der Waals surface area contributed by atoms with E-state index in [1.54, 1.807) is 50.2 Å². The summed E-state index contributed by atoms with van der Waals surface area (Å²) in [5.41, 5.74) is 2.07. The Bertz CT molecular complexity index is 1060. The maximum Gasteiger partial charge on any atom is 0.343 e. The van der Waals surface area contributed by atoms with Crippen LogP contribution in [0.1, 0.15) is 35.8 Å². The zero-order valence-corrected chi connectivity index (χ0v) is 19.6. The molecule has 9 heteroatoms. The molecule has 1 heterocycles. The normalized spacial score (nSPS) is 15.6. The molecule has 2 aromatic carbocycles. The van der Waals surface area contributed by atoms with Gasteiger partial charge >= 0.3 is 11.9 Å². The van der Waals surface area contributed by atoms with Crippen LogP contribution in [0.25, 0.3) is 0 Å². The van der Waals surface area contributed by atoms with E-state index in [1.807, 2.05) is 6.07 Å². The predicted octanol–water partition coefficient (Wildman–Crippen LogP) is 4.03. The smallest absolute Gasteiger partial charge is 0.343 e. The maximum absolute atomic E-state index is 12.6. The van der Waals surface area contributed by atoms with Crippen LogP contribution in [-0.2, 0) is 9.53 Å². The van der Waals surface area contributed by atoms with E-state index in [0.717, 1.165) is 0 Å². The Labute approximate surface area is 193 Å². The monoisotopic (exact) mass is 504 g/mol. The number of hydrogen-bond donors (Lipinski definition) is 2. The number of rotatable bonds is 6. The molecule has 162 valence electrons. The Morgan fingerprint density at radius 1 is 1.13 bits per heavy atom. The lowest BCUT2D eigenvalue weighted by atomic mass is 9.95. The van der Waals surface area contributed by atoms with E-state index in [1.165, 1.54) is 7.11 Å². The summed E-state index contributed by atoms with van der Waals surface area (Å²) in [6, 6.07) is 11.4. The fourth-order valence-electron chi connectivity index (χ4n) is 3.15. The lowest BCUT2D eigenvalue weighted by Crippen LogP contribution is -2.45. The number of carbonyl (C=O) groups is 2. The van der Waals surface area contributed by atoms with E-state index in [0.29, 0.717) is 37.7 Å². The molecule has 2 aromatic rings. The Morgan fingerprint density at radius 2 is 1.84 bits per heavy atom. The van der Waals surface area contributed by atoms with Crippen LogP contribution in [0.3, 0.4) is 0 Å². The van der Waals surface area contributed by atoms with Gasteiger partial charge in [0.15, 0.2) is 16.6 Å². The summed E-state index contributed by atoms with van der Waals surface area (Å²) < 4.78 is 16.8. The Morgan fingerprint density at radius 3 is 2.48 bits per heavy atom. The number of methoxy groups -OCH3 is 1. The lowest BCUT2D eigenvalue weighted by molar-refractivity contribution is -0.139. The van der Waals surface area contributed by atoms with Crippen LogP contribution in [0.5, 0.6) is 11.5 Å². The highest BCUT2D eigenvalue weighted by Gasteiger charge is 2.33. The van der Waals surface area contributed by atoms with Gasteiger partial charge in [0.25, 0.3) is 0 Å². The molecule has 2 N–H and O–H groups in total. The van der Waals surface area contributed by atoms with Crippen LogP contribution in [0, 0.1) is 0 Å². The molecule has 1 atom stereocenters. The third-order valence-corrected chi connectivity index (χ3v) is 5.48. The van der Waals surface area contributed by atoms with Crippen molar-refractivity contribution in [3.05, 3.63) is 69.3 Å². The Hall–Kier alpha value is -2.91. The molecular weight excluding hydrogens is 484 g/mol. The summed E-state index contributed by atoms with van der Waals surface area (Å²) in [5, 5.41) is 6.43. The van der Waals surface area contributed by atoms with Crippen molar-refractivity contribution >= 4 is 45.2 Å². The van der Waals surface area contributed by atoms with Gasteiger partial charge in [0.2, 0.25) is 0 Å². The molecule has 3 rings (SSSR count). The molecule has 1 aliphatic heterocycles. The molecule has 0 saturated heterocycles. The van der Waals surface area contributed by atoms with Crippen LogP contribution in [0.4, 0.5) is 0 Å². The van der Waals surface area contributed by atoms with Crippen molar-refractivity contribution in [1.82, 2.24) is 10.6 Å². The van der Waals surface area contributed by atoms with E-state index < -0.39 is 18.0 Å². The molecule has 0 saturated carbocycles. The highest BCUT2D eigenvalue weighted by Crippen LogP contribution is 2.40. The molecule has 0 fully saturated rings. The van der Waals surface area contributed by atoms with Crippen LogP contribution in [-0.4, -0.2) is 30.8 Å². The van der Waals surface area contributed by atoms with Gasteiger partial charge in [-0.05, 0) is 55.9 Å². The fourth-order valence-corrected chi connectivity index (χ4v) is 3.97. The molecule has 31 heavy (non-hydrogen) atoms. The third kappa shape index (κ3) is 5.05. The van der Waals surface area contributed by atoms with Crippen molar-refractivity contribution < 1.29 is 23.8 Å². The van der Waals surface area contributed by atoms with Crippen molar-refractivity contribution in [3.63, 3.8) is 0 Å². The van der Waals surface area contributed by atoms with Gasteiger partial charge in [0.1, 0.15) is 0 Å². The van der Waals surface area contributed by atoms with Gasteiger partial charge in [0.05, 0.1) is 30.9 Å². The Balaban J connectivity index is 2.00. The number of nitrogens with one attached hydrogen (secondary N) is 2. The summed E-state index contributed by atoms with van der Waals surface area (Å²) in [4.78, 5) is 25.1. The number of halogens is 1. The quantitative estimate of drug-likeness (QED) is 0.346. The number of carbonyl (C=O) groups excluding carboxylic acids is 2. The van der Waals surface area contributed by atoms with Crippen LogP contribution >= 0.6 is 28.1 Å². The van der Waals surface area contributed by atoms with E-state index >= 15 is 0 Å². The maximum atomic E-state index is 12.6. The third-order valence-electron chi connectivity index (χ3n) is 4.57. The number of ether oxygens (including phenoxy) is 3. The first-order valence-corrected chi connectivity index (χ1v) is 10.7. The summed E-state index contributed by atoms with van der Waals surface area (Å²) in [7, 11) is 1.47. The molecule has 0 spiro atoms. The Kier molecular flexibility index (Phi) is 7.29. The molecule has 0 radical (unpaired) electrons. The van der Waals surface area contributed by atoms with Crippen LogP contribution in [0.2, 0.25) is 0 Å². The van der Waals surface area contributed by atoms with Gasteiger partial charge in [-0.15, -0.1) is 0 Å². The molecule has 0 aliphatic carbocycles. The average molecular weight is 505 g/mol. The zero-order valence-electron chi connectivity index (χ0n) is 17.2. The summed E-state index contributed by atoms with van der Waals surface area (Å²) in [5.74, 6) is -0.405. The molecule has 1 aliphatic rings. The van der Waals surface area contributed by atoms with Crippen LogP contribution in [0.15, 0.2) is 58.2 Å². The van der Waals surface area contributed by atoms with Gasteiger partial charge < -0.3 is 24.8 Å². The van der Waals surface area contributed by atoms with Crippen molar-refractivity contribution in [2.45, 2.75) is 19.9 Å². The van der Waals surface area contributed by atoms with Crippen molar-refractivity contribution in [1.29, 1.82) is 0 Å². The predicted molar refractivity (Wildman–Crippen MR) is 123 cm³/mol. The number of thiocarbonyl (C=S) groups is 1. The SMILES string of the molecule is CCOC(=O)C1=C(C)NC(=S)NC1c1cc(OC)c(OC(=O)c2ccccc2)cc1Br. The minimum absolute atomic E-state index is 0.238. The first-order valence-electron chi connectivity index (χ1n) is 9.45. The van der Waals surface area contributed by atoms with Crippen molar-refractivity contribution in [2.24, 2.45) is 0 Å². The topological polar surface area (TPSA) is 85.9 Å². The van der Waals surface area contributed by atoms with E-state index in [2.05, 4.69) is 26.6 Å².